The lowest BCUT2D eigenvalue weighted by Gasteiger charge is -2.21. The van der Waals surface area contributed by atoms with E-state index in [1.54, 1.807) is 7.11 Å². The van der Waals surface area contributed by atoms with E-state index in [1.165, 1.54) is 11.4 Å². The van der Waals surface area contributed by atoms with Crippen LogP contribution in [0.25, 0.3) is 27.8 Å². The highest BCUT2D eigenvalue weighted by Gasteiger charge is 2.22. The zero-order valence-electron chi connectivity index (χ0n) is 19.8. The number of methoxy groups -OCH3 is 1. The van der Waals surface area contributed by atoms with Gasteiger partial charge in [-0.15, -0.1) is 4.57 Å². The van der Waals surface area contributed by atoms with Gasteiger partial charge in [0.2, 0.25) is 16.7 Å². The highest BCUT2D eigenvalue weighted by molar-refractivity contribution is 5.86. The van der Waals surface area contributed by atoms with Crippen molar-refractivity contribution in [1.29, 1.82) is 0 Å². The van der Waals surface area contributed by atoms with E-state index in [1.807, 2.05) is 12.1 Å². The standard InChI is InChI=1S/C27H33N4O/c1-6-29(7-2)21-12-16-24-26(18-21)31(20-10-14-23(32-5)15-11-20)27-19-22(30(8-3)9-4)13-17-25(27)28-24/h10-19H,6-9H2,1-5H3/q+1. The quantitative estimate of drug-likeness (QED) is 0.279. The molecule has 0 saturated heterocycles. The van der Waals surface area contributed by atoms with Crippen LogP contribution < -0.4 is 19.1 Å². The van der Waals surface area contributed by atoms with Crippen molar-refractivity contribution >= 4 is 33.4 Å². The van der Waals surface area contributed by atoms with Gasteiger partial charge in [-0.1, -0.05) is 0 Å². The number of aromatic nitrogens is 2. The maximum atomic E-state index is 5.40. The van der Waals surface area contributed by atoms with Crippen LogP contribution in [-0.4, -0.2) is 38.3 Å². The highest BCUT2D eigenvalue weighted by atomic mass is 16.5. The van der Waals surface area contributed by atoms with Crippen molar-refractivity contribution in [2.75, 3.05) is 43.1 Å². The molecule has 0 amide bonds. The minimum absolute atomic E-state index is 0.852. The Morgan fingerprint density at radius 1 is 0.688 bits per heavy atom. The van der Waals surface area contributed by atoms with E-state index in [9.17, 15) is 0 Å². The van der Waals surface area contributed by atoms with E-state index >= 15 is 0 Å². The predicted molar refractivity (Wildman–Crippen MR) is 134 cm³/mol. The lowest BCUT2D eigenvalue weighted by atomic mass is 10.1. The Kier molecular flexibility index (Phi) is 6.45. The Morgan fingerprint density at radius 2 is 1.16 bits per heavy atom. The van der Waals surface area contributed by atoms with Crippen molar-refractivity contribution in [1.82, 2.24) is 4.98 Å². The molecule has 3 aromatic carbocycles. The van der Waals surface area contributed by atoms with Crippen LogP contribution in [0.15, 0.2) is 60.7 Å². The Balaban J connectivity index is 2.05. The zero-order valence-corrected chi connectivity index (χ0v) is 19.8. The average Bonchev–Trinajstić information content (AvgIpc) is 2.84. The van der Waals surface area contributed by atoms with E-state index < -0.39 is 0 Å². The van der Waals surface area contributed by atoms with E-state index in [-0.39, 0.29) is 0 Å². The summed E-state index contributed by atoms with van der Waals surface area (Å²) in [5.74, 6) is 0.852. The molecule has 0 aliphatic carbocycles. The molecular formula is C27H33N4O+. The molecule has 0 bridgehead atoms. The second-order valence-corrected chi connectivity index (χ2v) is 7.84. The van der Waals surface area contributed by atoms with Gasteiger partial charge in [0.1, 0.15) is 16.8 Å². The molecule has 0 radical (unpaired) electrons. The van der Waals surface area contributed by atoms with Gasteiger partial charge in [-0.2, -0.15) is 0 Å². The molecular weight excluding hydrogens is 396 g/mol. The summed E-state index contributed by atoms with van der Waals surface area (Å²) in [5, 5.41) is 0. The van der Waals surface area contributed by atoms with E-state index in [2.05, 4.69) is 90.6 Å². The maximum Gasteiger partial charge on any atom is 0.239 e. The highest BCUT2D eigenvalue weighted by Crippen LogP contribution is 2.26. The molecule has 1 heterocycles. The molecule has 0 N–H and O–H groups in total. The van der Waals surface area contributed by atoms with Crippen LogP contribution in [0.1, 0.15) is 27.7 Å². The first kappa shape index (κ1) is 21.9. The summed E-state index contributed by atoms with van der Waals surface area (Å²) in [7, 11) is 1.70. The number of benzene rings is 3. The van der Waals surface area contributed by atoms with Crippen molar-refractivity contribution in [3.63, 3.8) is 0 Å². The van der Waals surface area contributed by atoms with Crippen LogP contribution in [0.5, 0.6) is 5.75 Å². The van der Waals surface area contributed by atoms with Crippen molar-refractivity contribution in [2.45, 2.75) is 27.7 Å². The van der Waals surface area contributed by atoms with Gasteiger partial charge in [0.05, 0.1) is 7.11 Å². The fourth-order valence-electron chi connectivity index (χ4n) is 4.41. The Hall–Kier alpha value is -3.34. The normalized spacial score (nSPS) is 11.2. The Bertz CT molecular complexity index is 1140. The molecule has 1 aromatic heterocycles. The molecule has 166 valence electrons. The van der Waals surface area contributed by atoms with Crippen LogP contribution >= 0.6 is 0 Å². The molecule has 0 atom stereocenters. The molecule has 0 aliphatic heterocycles. The first-order valence-corrected chi connectivity index (χ1v) is 11.6. The summed E-state index contributed by atoms with van der Waals surface area (Å²) in [6.07, 6.45) is 0. The first-order valence-electron chi connectivity index (χ1n) is 11.6. The summed E-state index contributed by atoms with van der Waals surface area (Å²) in [6, 6.07) is 21.4. The fourth-order valence-corrected chi connectivity index (χ4v) is 4.41. The molecule has 0 spiro atoms. The number of anilines is 2. The summed E-state index contributed by atoms with van der Waals surface area (Å²) in [6.45, 7) is 12.7. The number of fused-ring (bicyclic) bond motifs is 2. The topological polar surface area (TPSA) is 32.5 Å². The Morgan fingerprint density at radius 3 is 1.56 bits per heavy atom. The molecule has 32 heavy (non-hydrogen) atoms. The van der Waals surface area contributed by atoms with Crippen LogP contribution in [-0.2, 0) is 0 Å². The van der Waals surface area contributed by atoms with Gasteiger partial charge in [0.25, 0.3) is 0 Å². The van der Waals surface area contributed by atoms with Crippen molar-refractivity contribution in [3.05, 3.63) is 60.7 Å². The van der Waals surface area contributed by atoms with Gasteiger partial charge < -0.3 is 14.5 Å². The average molecular weight is 430 g/mol. The van der Waals surface area contributed by atoms with Crippen LogP contribution in [0.4, 0.5) is 11.4 Å². The number of rotatable bonds is 8. The van der Waals surface area contributed by atoms with Crippen molar-refractivity contribution in [3.8, 4) is 11.4 Å². The summed E-state index contributed by atoms with van der Waals surface area (Å²) in [5.41, 5.74) is 7.69. The number of nitrogens with zero attached hydrogens (tertiary/aromatic N) is 4. The molecule has 0 unspecified atom stereocenters. The monoisotopic (exact) mass is 429 g/mol. The minimum atomic E-state index is 0.852. The molecule has 5 nitrogen and oxygen atoms in total. The third-order valence-corrected chi connectivity index (χ3v) is 6.23. The minimum Gasteiger partial charge on any atom is -0.497 e. The van der Waals surface area contributed by atoms with Crippen LogP contribution in [0.3, 0.4) is 0 Å². The van der Waals surface area contributed by atoms with Crippen LogP contribution in [0, 0.1) is 0 Å². The second kappa shape index (κ2) is 9.43. The largest absolute Gasteiger partial charge is 0.497 e. The Labute approximate surface area is 190 Å². The summed E-state index contributed by atoms with van der Waals surface area (Å²) < 4.78 is 7.73. The fraction of sp³-hybridized carbons (Fsp3) is 0.333. The van der Waals surface area contributed by atoms with Gasteiger partial charge in [-0.25, -0.2) is 4.98 Å². The molecule has 0 saturated carbocycles. The van der Waals surface area contributed by atoms with Crippen molar-refractivity contribution in [2.24, 2.45) is 0 Å². The van der Waals surface area contributed by atoms with Gasteiger partial charge >= 0.3 is 0 Å². The molecule has 4 aromatic rings. The number of hydrogen-bond donors (Lipinski definition) is 0. The maximum absolute atomic E-state index is 5.40. The van der Waals surface area contributed by atoms with E-state index in [4.69, 9.17) is 9.72 Å². The smallest absolute Gasteiger partial charge is 0.239 e. The van der Waals surface area contributed by atoms with Gasteiger partial charge in [0.15, 0.2) is 0 Å². The number of hydrogen-bond acceptors (Lipinski definition) is 4. The van der Waals surface area contributed by atoms with Gasteiger partial charge in [-0.3, -0.25) is 0 Å². The van der Waals surface area contributed by atoms with E-state index in [0.717, 1.165) is 59.7 Å². The summed E-state index contributed by atoms with van der Waals surface area (Å²) in [4.78, 5) is 9.76. The SMILES string of the molecule is CCN(CC)c1ccc2nc3ccc(N(CC)CC)cc3[n+](-c3ccc(OC)cc3)c2c1. The first-order chi connectivity index (χ1) is 15.6. The summed E-state index contributed by atoms with van der Waals surface area (Å²) >= 11 is 0. The lowest BCUT2D eigenvalue weighted by Crippen LogP contribution is -2.34. The molecule has 4 rings (SSSR count). The molecule has 0 aliphatic rings. The lowest BCUT2D eigenvalue weighted by molar-refractivity contribution is -0.538. The third kappa shape index (κ3) is 3.95. The molecule has 5 heteroatoms. The van der Waals surface area contributed by atoms with Gasteiger partial charge in [0, 0.05) is 61.8 Å². The second-order valence-electron chi connectivity index (χ2n) is 7.84. The van der Waals surface area contributed by atoms with Crippen molar-refractivity contribution < 1.29 is 9.30 Å². The predicted octanol–water partition coefficient (Wildman–Crippen LogP) is 5.37. The number of ether oxygens (including phenoxy) is 1. The third-order valence-electron chi connectivity index (χ3n) is 6.23. The zero-order chi connectivity index (χ0) is 22.7. The van der Waals surface area contributed by atoms with Crippen LogP contribution in [0.2, 0.25) is 0 Å². The van der Waals surface area contributed by atoms with Gasteiger partial charge in [-0.05, 0) is 64.1 Å². The van der Waals surface area contributed by atoms with E-state index in [0.29, 0.717) is 0 Å². The molecule has 0 fully saturated rings.